The summed E-state index contributed by atoms with van der Waals surface area (Å²) in [5, 5.41) is 4.98. The Labute approximate surface area is 120 Å². The van der Waals surface area contributed by atoms with Crippen molar-refractivity contribution in [3.05, 3.63) is 0 Å². The monoisotopic (exact) mass is 290 g/mol. The van der Waals surface area contributed by atoms with Crippen molar-refractivity contribution in [3.8, 4) is 0 Å². The molecule has 5 nitrogen and oxygen atoms in total. The molecule has 6 heteroatoms. The van der Waals surface area contributed by atoms with E-state index in [9.17, 15) is 4.79 Å². The van der Waals surface area contributed by atoms with Gasteiger partial charge in [0.05, 0.1) is 19.8 Å². The molecule has 1 amide bonds. The van der Waals surface area contributed by atoms with Gasteiger partial charge in [0.15, 0.2) is 0 Å². The Kier molecular flexibility index (Phi) is 5.45. The highest BCUT2D eigenvalue weighted by molar-refractivity contribution is 5.85. The quantitative estimate of drug-likeness (QED) is 0.819. The van der Waals surface area contributed by atoms with Gasteiger partial charge in [-0.15, -0.1) is 12.4 Å². The fourth-order valence-electron chi connectivity index (χ4n) is 3.31. The van der Waals surface area contributed by atoms with E-state index >= 15 is 0 Å². The van der Waals surface area contributed by atoms with Crippen LogP contribution in [0.3, 0.4) is 0 Å². The third-order valence-electron chi connectivity index (χ3n) is 4.38. The number of nitrogens with zero attached hydrogens (tertiary/aromatic N) is 1. The second-order valence-electron chi connectivity index (χ2n) is 5.62. The number of hydroxylamine groups is 2. The standard InChI is InChI=1S/C13H22N2O3.ClH/c16-13(15-3-1-2-4-18-15)5-10-8-17-9-11-6-14-7-12(10)11;/h10-12,14H,1-9H2;1H/t10-,11-,12+;/m1./s1. The number of halogens is 1. The molecule has 0 unspecified atom stereocenters. The number of ether oxygens (including phenoxy) is 1. The molecule has 0 spiro atoms. The lowest BCUT2D eigenvalue weighted by atomic mass is 9.81. The van der Waals surface area contributed by atoms with Crippen molar-refractivity contribution in [2.75, 3.05) is 39.5 Å². The van der Waals surface area contributed by atoms with Crippen molar-refractivity contribution in [3.63, 3.8) is 0 Å². The molecule has 0 aromatic heterocycles. The summed E-state index contributed by atoms with van der Waals surface area (Å²) in [6, 6.07) is 0. The number of rotatable bonds is 2. The molecule has 0 aromatic rings. The van der Waals surface area contributed by atoms with Crippen LogP contribution in [0.25, 0.3) is 0 Å². The first-order chi connectivity index (χ1) is 8.84. The highest BCUT2D eigenvalue weighted by atomic mass is 35.5. The number of carbonyl (C=O) groups is 1. The molecule has 3 fully saturated rings. The average Bonchev–Trinajstić information content (AvgIpc) is 2.89. The van der Waals surface area contributed by atoms with Gasteiger partial charge in [-0.3, -0.25) is 9.63 Å². The van der Waals surface area contributed by atoms with Gasteiger partial charge >= 0.3 is 0 Å². The van der Waals surface area contributed by atoms with Crippen molar-refractivity contribution in [1.29, 1.82) is 0 Å². The van der Waals surface area contributed by atoms with Crippen LogP contribution in [0.4, 0.5) is 0 Å². The number of fused-ring (bicyclic) bond motifs is 1. The molecule has 19 heavy (non-hydrogen) atoms. The Balaban J connectivity index is 0.00000133. The maximum atomic E-state index is 12.2. The van der Waals surface area contributed by atoms with E-state index in [0.29, 0.717) is 30.8 Å². The maximum absolute atomic E-state index is 12.2. The molecule has 1 N–H and O–H groups in total. The molecule has 3 aliphatic rings. The van der Waals surface area contributed by atoms with E-state index in [1.807, 2.05) is 0 Å². The third-order valence-corrected chi connectivity index (χ3v) is 4.38. The van der Waals surface area contributed by atoms with Crippen molar-refractivity contribution in [2.45, 2.75) is 19.3 Å². The van der Waals surface area contributed by atoms with E-state index in [1.54, 1.807) is 5.06 Å². The van der Waals surface area contributed by atoms with Gasteiger partial charge in [-0.1, -0.05) is 0 Å². The van der Waals surface area contributed by atoms with E-state index in [0.717, 1.165) is 45.7 Å². The SMILES string of the molecule is Cl.O=C(C[C@@H]1COC[C@H]2CNC[C@H]21)N1CCCCO1. The van der Waals surface area contributed by atoms with Crippen LogP contribution in [0.5, 0.6) is 0 Å². The minimum atomic E-state index is 0. The maximum Gasteiger partial charge on any atom is 0.246 e. The van der Waals surface area contributed by atoms with Crippen LogP contribution >= 0.6 is 12.4 Å². The van der Waals surface area contributed by atoms with Crippen LogP contribution in [0.2, 0.25) is 0 Å². The van der Waals surface area contributed by atoms with Crippen molar-refractivity contribution >= 4 is 18.3 Å². The zero-order valence-electron chi connectivity index (χ0n) is 11.2. The smallest absolute Gasteiger partial charge is 0.246 e. The van der Waals surface area contributed by atoms with Gasteiger partial charge in [-0.05, 0) is 37.1 Å². The summed E-state index contributed by atoms with van der Waals surface area (Å²) in [6.07, 6.45) is 2.69. The molecule has 3 heterocycles. The second-order valence-corrected chi connectivity index (χ2v) is 5.62. The van der Waals surface area contributed by atoms with Gasteiger partial charge in [0, 0.05) is 19.5 Å². The lowest BCUT2D eigenvalue weighted by molar-refractivity contribution is -0.199. The molecule has 110 valence electrons. The number of amides is 1. The van der Waals surface area contributed by atoms with E-state index in [4.69, 9.17) is 9.57 Å². The fourth-order valence-corrected chi connectivity index (χ4v) is 3.31. The Morgan fingerprint density at radius 3 is 2.95 bits per heavy atom. The summed E-state index contributed by atoms with van der Waals surface area (Å²) in [6.45, 7) is 5.08. The Morgan fingerprint density at radius 2 is 2.16 bits per heavy atom. The molecular formula is C13H23ClN2O3. The van der Waals surface area contributed by atoms with Gasteiger partial charge in [0.1, 0.15) is 0 Å². The van der Waals surface area contributed by atoms with Crippen LogP contribution in [0.1, 0.15) is 19.3 Å². The molecular weight excluding hydrogens is 268 g/mol. The number of carbonyl (C=O) groups excluding carboxylic acids is 1. The van der Waals surface area contributed by atoms with Crippen molar-refractivity contribution < 1.29 is 14.4 Å². The van der Waals surface area contributed by atoms with Gasteiger partial charge in [0.25, 0.3) is 0 Å². The average molecular weight is 291 g/mol. The molecule has 3 aliphatic heterocycles. The van der Waals surface area contributed by atoms with E-state index < -0.39 is 0 Å². The van der Waals surface area contributed by atoms with Crippen molar-refractivity contribution in [1.82, 2.24) is 10.4 Å². The molecule has 0 radical (unpaired) electrons. The van der Waals surface area contributed by atoms with Crippen LogP contribution < -0.4 is 5.32 Å². The molecule has 3 rings (SSSR count). The number of hydrogen-bond donors (Lipinski definition) is 1. The largest absolute Gasteiger partial charge is 0.381 e. The molecule has 3 saturated heterocycles. The zero-order valence-corrected chi connectivity index (χ0v) is 12.0. The third kappa shape index (κ3) is 3.40. The lowest BCUT2D eigenvalue weighted by Gasteiger charge is -2.34. The van der Waals surface area contributed by atoms with E-state index in [1.165, 1.54) is 0 Å². The summed E-state index contributed by atoms with van der Waals surface area (Å²) >= 11 is 0. The molecule has 0 saturated carbocycles. The highest BCUT2D eigenvalue weighted by Crippen LogP contribution is 2.32. The lowest BCUT2D eigenvalue weighted by Crippen LogP contribution is -2.41. The van der Waals surface area contributed by atoms with Gasteiger partial charge in [-0.25, -0.2) is 5.06 Å². The number of nitrogens with one attached hydrogen (secondary N) is 1. The Hall–Kier alpha value is -0.360. The fraction of sp³-hybridized carbons (Fsp3) is 0.923. The summed E-state index contributed by atoms with van der Waals surface area (Å²) in [5.74, 6) is 1.69. The first-order valence-corrected chi connectivity index (χ1v) is 7.06. The van der Waals surface area contributed by atoms with E-state index in [2.05, 4.69) is 5.32 Å². The van der Waals surface area contributed by atoms with Crippen LogP contribution in [-0.2, 0) is 14.4 Å². The van der Waals surface area contributed by atoms with Crippen LogP contribution in [0, 0.1) is 17.8 Å². The zero-order chi connectivity index (χ0) is 12.4. The van der Waals surface area contributed by atoms with Crippen LogP contribution in [0.15, 0.2) is 0 Å². The predicted octanol–water partition coefficient (Wildman–Crippen LogP) is 0.834. The number of hydrogen-bond acceptors (Lipinski definition) is 4. The second kappa shape index (κ2) is 6.88. The topological polar surface area (TPSA) is 50.8 Å². The Bertz CT molecular complexity index is 310. The summed E-state index contributed by atoms with van der Waals surface area (Å²) in [4.78, 5) is 17.6. The first-order valence-electron chi connectivity index (χ1n) is 7.06. The highest BCUT2D eigenvalue weighted by Gasteiger charge is 2.38. The van der Waals surface area contributed by atoms with Gasteiger partial charge in [-0.2, -0.15) is 0 Å². The molecule has 0 aromatic carbocycles. The van der Waals surface area contributed by atoms with Crippen molar-refractivity contribution in [2.24, 2.45) is 17.8 Å². The van der Waals surface area contributed by atoms with Gasteiger partial charge in [0.2, 0.25) is 5.91 Å². The van der Waals surface area contributed by atoms with Gasteiger partial charge < -0.3 is 10.1 Å². The Morgan fingerprint density at radius 1 is 1.26 bits per heavy atom. The van der Waals surface area contributed by atoms with E-state index in [-0.39, 0.29) is 18.3 Å². The molecule has 0 aliphatic carbocycles. The minimum absolute atomic E-state index is 0. The molecule has 3 atom stereocenters. The predicted molar refractivity (Wildman–Crippen MR) is 72.9 cm³/mol. The van der Waals surface area contributed by atoms with Crippen LogP contribution in [-0.4, -0.2) is 50.4 Å². The minimum Gasteiger partial charge on any atom is -0.381 e. The normalized spacial score (nSPS) is 34.5. The first kappa shape index (κ1) is 15.0. The summed E-state index contributed by atoms with van der Waals surface area (Å²) in [7, 11) is 0. The summed E-state index contributed by atoms with van der Waals surface area (Å²) < 4.78 is 5.63. The molecule has 0 bridgehead atoms. The summed E-state index contributed by atoms with van der Waals surface area (Å²) in [5.41, 5.74) is 0.